The van der Waals surface area contributed by atoms with Crippen molar-refractivity contribution in [1.29, 1.82) is 0 Å². The molecule has 60 valence electrons. The van der Waals surface area contributed by atoms with E-state index < -0.39 is 0 Å². The van der Waals surface area contributed by atoms with E-state index in [0.717, 1.165) is 6.42 Å². The highest BCUT2D eigenvalue weighted by Gasteiger charge is 2.67. The van der Waals surface area contributed by atoms with Crippen molar-refractivity contribution >= 4 is 5.97 Å². The minimum atomic E-state index is 0.0891. The number of carbonyl (C=O) groups excluding carboxylic acids is 1. The molecule has 0 N–H and O–H groups in total. The highest BCUT2D eigenvalue weighted by molar-refractivity contribution is 5.78. The lowest BCUT2D eigenvalue weighted by atomic mass is 9.48. The Morgan fingerprint density at radius 2 is 2.36 bits per heavy atom. The Bertz CT molecular complexity index is 236. The fourth-order valence-corrected chi connectivity index (χ4v) is 3.35. The summed E-state index contributed by atoms with van der Waals surface area (Å²) in [4.78, 5) is 11.3. The lowest BCUT2D eigenvalue weighted by Gasteiger charge is -2.52. The molecule has 11 heavy (non-hydrogen) atoms. The quantitative estimate of drug-likeness (QED) is 0.490. The molecule has 2 bridgehead atoms. The molecule has 0 amide bonds. The largest absolute Gasteiger partial charge is 0.462 e. The van der Waals surface area contributed by atoms with Crippen LogP contribution < -0.4 is 0 Å². The molecule has 4 atom stereocenters. The Balaban J connectivity index is 2.07. The van der Waals surface area contributed by atoms with E-state index in [9.17, 15) is 4.79 Å². The lowest BCUT2D eigenvalue weighted by molar-refractivity contribution is -0.144. The third kappa shape index (κ3) is 0.472. The van der Waals surface area contributed by atoms with Crippen molar-refractivity contribution in [2.75, 3.05) is 0 Å². The predicted octanol–water partition coefficient (Wildman–Crippen LogP) is 1.35. The summed E-state index contributed by atoms with van der Waals surface area (Å²) in [6.07, 6.45) is 3.83. The van der Waals surface area contributed by atoms with Crippen LogP contribution in [0.25, 0.3) is 0 Å². The monoisotopic (exact) mass is 152 g/mol. The van der Waals surface area contributed by atoms with Crippen molar-refractivity contribution in [1.82, 2.24) is 0 Å². The molecule has 2 nitrogen and oxygen atoms in total. The maximum absolute atomic E-state index is 11.3. The number of esters is 1. The van der Waals surface area contributed by atoms with Crippen LogP contribution in [0, 0.1) is 17.3 Å². The zero-order valence-corrected chi connectivity index (χ0v) is 6.67. The van der Waals surface area contributed by atoms with E-state index in [0.29, 0.717) is 5.92 Å². The molecule has 0 aromatic heterocycles. The molecular formula is C9H12O2. The van der Waals surface area contributed by atoms with Gasteiger partial charge in [0.2, 0.25) is 0 Å². The van der Waals surface area contributed by atoms with Gasteiger partial charge in [-0.15, -0.1) is 0 Å². The van der Waals surface area contributed by atoms with Crippen LogP contribution in [0.4, 0.5) is 0 Å². The number of ether oxygens (including phenoxy) is 1. The molecule has 0 aromatic rings. The zero-order chi connectivity index (χ0) is 7.64. The molecule has 3 rings (SSSR count). The van der Waals surface area contributed by atoms with Gasteiger partial charge in [-0.1, -0.05) is 6.92 Å². The third-order valence-electron chi connectivity index (χ3n) is 3.93. The van der Waals surface area contributed by atoms with E-state index in [1.54, 1.807) is 0 Å². The van der Waals surface area contributed by atoms with Gasteiger partial charge in [0.15, 0.2) is 0 Å². The molecule has 2 aliphatic carbocycles. The number of fused-ring (bicyclic) bond motifs is 2. The summed E-state index contributed by atoms with van der Waals surface area (Å²) in [5, 5.41) is 0. The average Bonchev–Trinajstić information content (AvgIpc) is 2.07. The SMILES string of the molecule is CC12CC3CCC1OC(=O)C32. The van der Waals surface area contributed by atoms with Gasteiger partial charge in [-0.3, -0.25) is 4.79 Å². The van der Waals surface area contributed by atoms with Crippen LogP contribution >= 0.6 is 0 Å². The molecular weight excluding hydrogens is 140 g/mol. The first-order chi connectivity index (χ1) is 5.22. The Hall–Kier alpha value is -0.530. The van der Waals surface area contributed by atoms with Crippen molar-refractivity contribution in [3.8, 4) is 0 Å². The van der Waals surface area contributed by atoms with Gasteiger partial charge < -0.3 is 4.74 Å². The Morgan fingerprint density at radius 1 is 1.55 bits per heavy atom. The summed E-state index contributed by atoms with van der Waals surface area (Å²) in [6, 6.07) is 0. The first-order valence-corrected chi connectivity index (χ1v) is 4.42. The number of rotatable bonds is 0. The minimum absolute atomic E-state index is 0.0891. The van der Waals surface area contributed by atoms with Gasteiger partial charge in [-0.2, -0.15) is 0 Å². The van der Waals surface area contributed by atoms with Crippen LogP contribution in [0.5, 0.6) is 0 Å². The Labute approximate surface area is 65.9 Å². The summed E-state index contributed by atoms with van der Waals surface area (Å²) in [6.45, 7) is 2.21. The summed E-state index contributed by atoms with van der Waals surface area (Å²) >= 11 is 0. The molecule has 3 aliphatic rings. The van der Waals surface area contributed by atoms with Crippen LogP contribution in [0.2, 0.25) is 0 Å². The second kappa shape index (κ2) is 1.47. The predicted molar refractivity (Wildman–Crippen MR) is 38.8 cm³/mol. The van der Waals surface area contributed by atoms with Gasteiger partial charge >= 0.3 is 5.97 Å². The van der Waals surface area contributed by atoms with Gasteiger partial charge in [-0.25, -0.2) is 0 Å². The van der Waals surface area contributed by atoms with Crippen LogP contribution in [0.1, 0.15) is 26.2 Å². The van der Waals surface area contributed by atoms with Crippen LogP contribution in [-0.4, -0.2) is 12.1 Å². The minimum Gasteiger partial charge on any atom is -0.462 e. The second-order valence-electron chi connectivity index (χ2n) is 4.45. The third-order valence-corrected chi connectivity index (χ3v) is 3.93. The molecule has 2 heteroatoms. The molecule has 0 aromatic carbocycles. The van der Waals surface area contributed by atoms with E-state index >= 15 is 0 Å². The normalized spacial score (nSPS) is 58.6. The first-order valence-electron chi connectivity index (χ1n) is 4.42. The highest BCUT2D eigenvalue weighted by atomic mass is 16.6. The van der Waals surface area contributed by atoms with Gasteiger partial charge in [0.1, 0.15) is 6.10 Å². The van der Waals surface area contributed by atoms with Gasteiger partial charge in [-0.05, 0) is 25.2 Å². The van der Waals surface area contributed by atoms with Crippen molar-refractivity contribution < 1.29 is 9.53 Å². The topological polar surface area (TPSA) is 26.3 Å². The molecule has 0 spiro atoms. The van der Waals surface area contributed by atoms with Crippen molar-refractivity contribution in [3.63, 3.8) is 0 Å². The summed E-state index contributed by atoms with van der Waals surface area (Å²) < 4.78 is 5.30. The average molecular weight is 152 g/mol. The van der Waals surface area contributed by atoms with Crippen molar-refractivity contribution in [2.24, 2.45) is 17.3 Å². The van der Waals surface area contributed by atoms with Crippen molar-refractivity contribution in [2.45, 2.75) is 32.3 Å². The van der Waals surface area contributed by atoms with E-state index in [2.05, 4.69) is 6.92 Å². The Kier molecular flexibility index (Phi) is 0.809. The standard InChI is InChI=1S/C9H12O2/c1-9-4-5-2-3-6(9)11-8(10)7(5)9/h5-7H,2-4H2,1H3. The fraction of sp³-hybridized carbons (Fsp3) is 0.889. The maximum Gasteiger partial charge on any atom is 0.310 e. The summed E-state index contributed by atoms with van der Waals surface area (Å²) in [7, 11) is 0. The molecule has 2 saturated carbocycles. The summed E-state index contributed by atoms with van der Waals surface area (Å²) in [5.74, 6) is 1.04. The molecule has 1 heterocycles. The highest BCUT2D eigenvalue weighted by Crippen LogP contribution is 2.64. The second-order valence-corrected chi connectivity index (χ2v) is 4.45. The van der Waals surface area contributed by atoms with Gasteiger partial charge in [0, 0.05) is 5.41 Å². The van der Waals surface area contributed by atoms with E-state index in [4.69, 9.17) is 4.74 Å². The zero-order valence-electron chi connectivity index (χ0n) is 6.67. The van der Waals surface area contributed by atoms with Crippen LogP contribution in [0.15, 0.2) is 0 Å². The van der Waals surface area contributed by atoms with Crippen LogP contribution in [-0.2, 0) is 9.53 Å². The Morgan fingerprint density at radius 3 is 3.00 bits per heavy atom. The van der Waals surface area contributed by atoms with Gasteiger partial charge in [0.25, 0.3) is 0 Å². The number of carbonyl (C=O) groups is 1. The fourth-order valence-electron chi connectivity index (χ4n) is 3.35. The van der Waals surface area contributed by atoms with E-state index in [1.807, 2.05) is 0 Å². The number of hydrogen-bond acceptors (Lipinski definition) is 2. The van der Waals surface area contributed by atoms with Gasteiger partial charge in [0.05, 0.1) is 5.92 Å². The molecule has 0 radical (unpaired) electrons. The van der Waals surface area contributed by atoms with Crippen LogP contribution in [0.3, 0.4) is 0 Å². The van der Waals surface area contributed by atoms with E-state index in [1.165, 1.54) is 12.8 Å². The molecule has 3 fully saturated rings. The first kappa shape index (κ1) is 6.04. The molecule has 1 aliphatic heterocycles. The summed E-state index contributed by atoms with van der Waals surface area (Å²) in [5.41, 5.74) is 0.250. The van der Waals surface area contributed by atoms with Crippen molar-refractivity contribution in [3.05, 3.63) is 0 Å². The molecule has 1 saturated heterocycles. The number of hydrogen-bond donors (Lipinski definition) is 0. The lowest BCUT2D eigenvalue weighted by Crippen LogP contribution is -2.53. The smallest absolute Gasteiger partial charge is 0.310 e. The molecule has 4 unspecified atom stereocenters. The van der Waals surface area contributed by atoms with E-state index in [-0.39, 0.29) is 23.4 Å². The maximum atomic E-state index is 11.3.